The van der Waals surface area contributed by atoms with E-state index in [4.69, 9.17) is 0 Å². The van der Waals surface area contributed by atoms with E-state index in [2.05, 4.69) is 0 Å². The van der Waals surface area contributed by atoms with Gasteiger partial charge in [-0.25, -0.2) is 13.2 Å². The minimum absolute atomic E-state index is 0.237. The molecule has 0 aliphatic heterocycles. The van der Waals surface area contributed by atoms with E-state index in [0.717, 1.165) is 0 Å². The van der Waals surface area contributed by atoms with Gasteiger partial charge in [0.25, 0.3) is 6.43 Å². The Labute approximate surface area is 52.5 Å². The standard InChI is InChI=1S/C3H2F3I/c4-2(5)1-3(6)7/h1-2H. The van der Waals surface area contributed by atoms with Crippen LogP contribution in [0.2, 0.25) is 0 Å². The summed E-state index contributed by atoms with van der Waals surface area (Å²) >= 11 is 1.17. The van der Waals surface area contributed by atoms with Gasteiger partial charge in [0.05, 0.1) is 0 Å². The molecule has 42 valence electrons. The van der Waals surface area contributed by atoms with Crippen molar-refractivity contribution >= 4 is 22.6 Å². The van der Waals surface area contributed by atoms with E-state index in [0.29, 0.717) is 0 Å². The molecule has 0 aliphatic rings. The first-order valence-electron chi connectivity index (χ1n) is 1.44. The second kappa shape index (κ2) is 3.29. The molecule has 7 heavy (non-hydrogen) atoms. The monoisotopic (exact) mass is 222 g/mol. The van der Waals surface area contributed by atoms with E-state index in [1.54, 1.807) is 0 Å². The Hall–Kier alpha value is 0.260. The third kappa shape index (κ3) is 6.26. The van der Waals surface area contributed by atoms with Gasteiger partial charge in [0.1, 0.15) is 0 Å². The van der Waals surface area contributed by atoms with Crippen molar-refractivity contribution in [3.05, 3.63) is 9.91 Å². The first-order valence-corrected chi connectivity index (χ1v) is 2.52. The first-order chi connectivity index (χ1) is 3.13. The highest BCUT2D eigenvalue weighted by molar-refractivity contribution is 14.1. The van der Waals surface area contributed by atoms with Crippen molar-refractivity contribution < 1.29 is 13.2 Å². The molecule has 0 bridgehead atoms. The van der Waals surface area contributed by atoms with Gasteiger partial charge in [-0.15, -0.1) is 0 Å². The fraction of sp³-hybridized carbons (Fsp3) is 0.333. The predicted octanol–water partition coefficient (Wildman–Crippen LogP) is 2.50. The number of hydrogen-bond donors (Lipinski definition) is 0. The second-order valence-corrected chi connectivity index (χ2v) is 1.82. The summed E-state index contributed by atoms with van der Waals surface area (Å²) in [6.45, 7) is 0. The normalized spacial score (nSPS) is 13.0. The van der Waals surface area contributed by atoms with Crippen LogP contribution in [0.4, 0.5) is 13.2 Å². The van der Waals surface area contributed by atoms with Crippen molar-refractivity contribution in [3.8, 4) is 0 Å². The van der Waals surface area contributed by atoms with Gasteiger partial charge in [-0.2, -0.15) is 0 Å². The number of hydrogen-bond acceptors (Lipinski definition) is 0. The van der Waals surface area contributed by atoms with Crippen molar-refractivity contribution in [2.75, 3.05) is 0 Å². The summed E-state index contributed by atoms with van der Waals surface area (Å²) in [6.07, 6.45) is -2.43. The summed E-state index contributed by atoms with van der Waals surface area (Å²) in [4.78, 5) is 0. The van der Waals surface area contributed by atoms with Crippen LogP contribution in [-0.4, -0.2) is 6.43 Å². The molecule has 0 aliphatic carbocycles. The van der Waals surface area contributed by atoms with Crippen LogP contribution in [0, 0.1) is 0 Å². The summed E-state index contributed by atoms with van der Waals surface area (Å²) < 4.78 is 32.4. The van der Waals surface area contributed by atoms with Crippen molar-refractivity contribution in [2.45, 2.75) is 6.43 Å². The molecule has 0 amide bonds. The van der Waals surface area contributed by atoms with Crippen LogP contribution in [-0.2, 0) is 0 Å². The van der Waals surface area contributed by atoms with Gasteiger partial charge in [0, 0.05) is 6.08 Å². The quantitative estimate of drug-likeness (QED) is 0.598. The van der Waals surface area contributed by atoms with E-state index < -0.39 is 10.3 Å². The van der Waals surface area contributed by atoms with Crippen molar-refractivity contribution in [1.82, 2.24) is 0 Å². The lowest BCUT2D eigenvalue weighted by molar-refractivity contribution is 0.202. The lowest BCUT2D eigenvalue weighted by atomic mass is 10.7. The summed E-state index contributed by atoms with van der Waals surface area (Å²) in [5.74, 6) is 0. The van der Waals surface area contributed by atoms with Gasteiger partial charge in [-0.1, -0.05) is 0 Å². The van der Waals surface area contributed by atoms with Gasteiger partial charge < -0.3 is 0 Å². The third-order valence-electron chi connectivity index (χ3n) is 0.252. The molecule has 0 atom stereocenters. The topological polar surface area (TPSA) is 0 Å². The fourth-order valence-electron chi connectivity index (χ4n) is 0.0952. The number of halogens is 4. The van der Waals surface area contributed by atoms with E-state index in [1.165, 1.54) is 22.6 Å². The Morgan fingerprint density at radius 3 is 2.00 bits per heavy atom. The molecule has 4 heteroatoms. The molecule has 0 heterocycles. The highest BCUT2D eigenvalue weighted by atomic mass is 127. The molecule has 0 spiro atoms. The molecule has 0 radical (unpaired) electrons. The molecule has 0 N–H and O–H groups in total. The molecule has 0 aromatic heterocycles. The van der Waals surface area contributed by atoms with Crippen LogP contribution in [0.15, 0.2) is 9.91 Å². The van der Waals surface area contributed by atoms with Crippen LogP contribution in [0.25, 0.3) is 0 Å². The molecule has 0 unspecified atom stereocenters. The van der Waals surface area contributed by atoms with E-state index >= 15 is 0 Å². The first kappa shape index (κ1) is 7.26. The minimum atomic E-state index is -2.67. The highest BCUT2D eigenvalue weighted by Gasteiger charge is 1.95. The van der Waals surface area contributed by atoms with Gasteiger partial charge in [0.15, 0.2) is 3.83 Å². The zero-order chi connectivity index (χ0) is 5.86. The van der Waals surface area contributed by atoms with Gasteiger partial charge in [-0.3, -0.25) is 0 Å². The molecular formula is C3H2F3I. The van der Waals surface area contributed by atoms with Crippen LogP contribution < -0.4 is 0 Å². The maximum Gasteiger partial charge on any atom is 0.260 e. The Balaban J connectivity index is 3.45. The Morgan fingerprint density at radius 2 is 2.00 bits per heavy atom. The molecule has 0 aromatic rings. The van der Waals surface area contributed by atoms with Crippen molar-refractivity contribution in [2.24, 2.45) is 0 Å². The van der Waals surface area contributed by atoms with E-state index in [1.807, 2.05) is 0 Å². The van der Waals surface area contributed by atoms with E-state index in [-0.39, 0.29) is 6.08 Å². The summed E-state index contributed by atoms with van der Waals surface area (Å²) in [7, 11) is 0. The van der Waals surface area contributed by atoms with Gasteiger partial charge in [-0.05, 0) is 22.6 Å². The Bertz CT molecular complexity index is 74.2. The summed E-state index contributed by atoms with van der Waals surface area (Å²) in [5, 5.41) is 0. The molecule has 0 nitrogen and oxygen atoms in total. The Morgan fingerprint density at radius 1 is 1.57 bits per heavy atom. The number of alkyl halides is 2. The molecule has 0 rings (SSSR count). The SMILES string of the molecule is FC(I)=CC(F)F. The zero-order valence-corrected chi connectivity index (χ0v) is 5.32. The van der Waals surface area contributed by atoms with Crippen LogP contribution in [0.3, 0.4) is 0 Å². The lowest BCUT2D eigenvalue weighted by Gasteiger charge is -1.81. The summed E-state index contributed by atoms with van der Waals surface area (Å²) in [6, 6.07) is 0. The summed E-state index contributed by atoms with van der Waals surface area (Å²) in [5.41, 5.74) is 0. The molecule has 0 saturated heterocycles. The highest BCUT2D eigenvalue weighted by Crippen LogP contribution is 2.09. The van der Waals surface area contributed by atoms with Gasteiger partial charge in [0.2, 0.25) is 0 Å². The van der Waals surface area contributed by atoms with Crippen molar-refractivity contribution in [3.63, 3.8) is 0 Å². The molecule has 0 fully saturated rings. The average molecular weight is 222 g/mol. The van der Waals surface area contributed by atoms with Gasteiger partial charge >= 0.3 is 0 Å². The van der Waals surface area contributed by atoms with Crippen LogP contribution in [0.1, 0.15) is 0 Å². The smallest absolute Gasteiger partial charge is 0.206 e. The third-order valence-corrected chi connectivity index (χ3v) is 0.612. The Kier molecular flexibility index (Phi) is 3.41. The largest absolute Gasteiger partial charge is 0.260 e. The fourth-order valence-corrected chi connectivity index (χ4v) is 0.367. The van der Waals surface area contributed by atoms with Crippen LogP contribution in [0.5, 0.6) is 0 Å². The minimum Gasteiger partial charge on any atom is -0.206 e. The molecule has 0 aromatic carbocycles. The van der Waals surface area contributed by atoms with Crippen LogP contribution >= 0.6 is 22.6 Å². The average Bonchev–Trinajstić information content (AvgIpc) is 1.27. The maximum absolute atomic E-state index is 11.3. The zero-order valence-electron chi connectivity index (χ0n) is 3.17. The molecular weight excluding hydrogens is 220 g/mol. The lowest BCUT2D eigenvalue weighted by Crippen LogP contribution is -1.78. The maximum atomic E-state index is 11.3. The second-order valence-electron chi connectivity index (χ2n) is 0.791. The van der Waals surface area contributed by atoms with Crippen molar-refractivity contribution in [1.29, 1.82) is 0 Å². The number of rotatable bonds is 1. The molecule has 0 saturated carbocycles. The predicted molar refractivity (Wildman–Crippen MR) is 29.2 cm³/mol. The van der Waals surface area contributed by atoms with E-state index in [9.17, 15) is 13.2 Å². The number of allylic oxidation sites excluding steroid dienone is 1.